The Hall–Kier alpha value is -2.85. The van der Waals surface area contributed by atoms with Gasteiger partial charge in [0, 0.05) is 17.4 Å². The van der Waals surface area contributed by atoms with Crippen LogP contribution >= 0.6 is 11.8 Å². The van der Waals surface area contributed by atoms with Crippen LogP contribution in [0.2, 0.25) is 0 Å². The van der Waals surface area contributed by atoms with Crippen LogP contribution in [0.5, 0.6) is 0 Å². The third kappa shape index (κ3) is 3.09. The van der Waals surface area contributed by atoms with Gasteiger partial charge in [-0.25, -0.2) is 14.4 Å². The molecular formula is C17H14FN5S. The van der Waals surface area contributed by atoms with E-state index in [0.29, 0.717) is 27.8 Å². The summed E-state index contributed by atoms with van der Waals surface area (Å²) < 4.78 is 14.4. The summed E-state index contributed by atoms with van der Waals surface area (Å²) in [6.07, 6.45) is 3.39. The van der Waals surface area contributed by atoms with Crippen LogP contribution in [0.3, 0.4) is 0 Å². The van der Waals surface area contributed by atoms with Gasteiger partial charge in [0.2, 0.25) is 0 Å². The highest BCUT2D eigenvalue weighted by Crippen LogP contribution is 2.35. The quantitative estimate of drug-likeness (QED) is 0.892. The van der Waals surface area contributed by atoms with Crippen LogP contribution in [0.15, 0.2) is 53.0 Å². The van der Waals surface area contributed by atoms with E-state index in [4.69, 9.17) is 11.0 Å². The van der Waals surface area contributed by atoms with Crippen LogP contribution in [-0.2, 0) is 5.54 Å². The predicted molar refractivity (Wildman–Crippen MR) is 94.3 cm³/mol. The summed E-state index contributed by atoms with van der Waals surface area (Å²) in [5, 5.41) is 14.4. The van der Waals surface area contributed by atoms with Gasteiger partial charge in [0.1, 0.15) is 23.2 Å². The van der Waals surface area contributed by atoms with Gasteiger partial charge in [-0.2, -0.15) is 5.26 Å². The van der Waals surface area contributed by atoms with E-state index >= 15 is 0 Å². The number of hydrogen-bond acceptors (Lipinski definition) is 6. The molecule has 7 heteroatoms. The van der Waals surface area contributed by atoms with Crippen molar-refractivity contribution in [2.45, 2.75) is 12.5 Å². The van der Waals surface area contributed by atoms with E-state index in [1.165, 1.54) is 17.8 Å². The predicted octanol–water partition coefficient (Wildman–Crippen LogP) is 3.63. The number of halogens is 1. The van der Waals surface area contributed by atoms with Gasteiger partial charge in [0.25, 0.3) is 0 Å². The minimum Gasteiger partial charge on any atom is -0.378 e. The molecule has 0 radical (unpaired) electrons. The van der Waals surface area contributed by atoms with Crippen LogP contribution in [0.4, 0.5) is 15.9 Å². The number of nitriles is 1. The molecule has 24 heavy (non-hydrogen) atoms. The molecule has 3 N–H and O–H groups in total. The van der Waals surface area contributed by atoms with Crippen molar-refractivity contribution >= 4 is 28.4 Å². The Labute approximate surface area is 143 Å². The van der Waals surface area contributed by atoms with Gasteiger partial charge in [-0.1, -0.05) is 11.8 Å². The zero-order chi connectivity index (χ0) is 17.2. The lowest BCUT2D eigenvalue weighted by molar-refractivity contribution is 0.546. The lowest BCUT2D eigenvalue weighted by atomic mass is 9.92. The molecule has 0 amide bonds. The molecule has 0 fully saturated rings. The van der Waals surface area contributed by atoms with Crippen molar-refractivity contribution in [2.75, 3.05) is 5.32 Å². The topological polar surface area (TPSA) is 87.1 Å². The number of aliphatic imine (C=N–C) groups is 1. The van der Waals surface area contributed by atoms with Gasteiger partial charge in [0.15, 0.2) is 5.17 Å². The molecule has 0 saturated carbocycles. The second-order valence-electron chi connectivity index (χ2n) is 5.35. The van der Waals surface area contributed by atoms with Crippen molar-refractivity contribution in [3.63, 3.8) is 0 Å². The zero-order valence-electron chi connectivity index (χ0n) is 12.8. The van der Waals surface area contributed by atoms with Crippen molar-refractivity contribution in [3.8, 4) is 6.07 Å². The fourth-order valence-corrected chi connectivity index (χ4v) is 3.12. The number of benzene rings is 1. The van der Waals surface area contributed by atoms with Crippen molar-refractivity contribution in [1.82, 2.24) is 4.98 Å². The molecule has 1 aromatic carbocycles. The SMILES string of the molecule is C[C@@]1(c2cc(Nc3ncccc3C#N)ccc2F)C=CSC(N)=N1. The number of rotatable bonds is 3. The fraction of sp³-hybridized carbons (Fsp3) is 0.118. The highest BCUT2D eigenvalue weighted by Gasteiger charge is 2.29. The van der Waals surface area contributed by atoms with E-state index in [1.807, 2.05) is 0 Å². The second-order valence-corrected chi connectivity index (χ2v) is 6.28. The van der Waals surface area contributed by atoms with Crippen molar-refractivity contribution in [3.05, 3.63) is 65.0 Å². The maximum absolute atomic E-state index is 14.4. The van der Waals surface area contributed by atoms with E-state index < -0.39 is 5.54 Å². The van der Waals surface area contributed by atoms with E-state index in [0.717, 1.165) is 0 Å². The number of anilines is 2. The van der Waals surface area contributed by atoms with Gasteiger partial charge in [-0.15, -0.1) is 0 Å². The lowest BCUT2D eigenvalue weighted by Gasteiger charge is -2.26. The van der Waals surface area contributed by atoms with E-state index in [9.17, 15) is 4.39 Å². The normalized spacial score (nSPS) is 19.5. The highest BCUT2D eigenvalue weighted by atomic mass is 32.2. The summed E-state index contributed by atoms with van der Waals surface area (Å²) in [6, 6.07) is 10.0. The summed E-state index contributed by atoms with van der Waals surface area (Å²) in [7, 11) is 0. The Morgan fingerprint density at radius 2 is 2.21 bits per heavy atom. The van der Waals surface area contributed by atoms with E-state index in [2.05, 4.69) is 21.4 Å². The average Bonchev–Trinajstić information content (AvgIpc) is 2.57. The van der Waals surface area contributed by atoms with Gasteiger partial charge in [-0.05, 0) is 48.7 Å². The summed E-state index contributed by atoms with van der Waals surface area (Å²) in [5.74, 6) is 0.0399. The van der Waals surface area contributed by atoms with Crippen molar-refractivity contribution in [2.24, 2.45) is 10.7 Å². The van der Waals surface area contributed by atoms with E-state index in [-0.39, 0.29) is 5.82 Å². The Bertz CT molecular complexity index is 887. The molecule has 2 heterocycles. The highest BCUT2D eigenvalue weighted by molar-refractivity contribution is 8.16. The van der Waals surface area contributed by atoms with Gasteiger partial charge >= 0.3 is 0 Å². The number of nitrogens with two attached hydrogens (primary N) is 1. The monoisotopic (exact) mass is 339 g/mol. The number of thioether (sulfide) groups is 1. The minimum absolute atomic E-state index is 0.377. The van der Waals surface area contributed by atoms with Crippen LogP contribution in [0.1, 0.15) is 18.1 Å². The van der Waals surface area contributed by atoms with E-state index in [1.54, 1.807) is 48.9 Å². The Kier molecular flexibility index (Phi) is 4.23. The third-order valence-electron chi connectivity index (χ3n) is 3.63. The van der Waals surface area contributed by atoms with Crippen molar-refractivity contribution in [1.29, 1.82) is 5.26 Å². The van der Waals surface area contributed by atoms with Gasteiger partial charge < -0.3 is 11.1 Å². The average molecular weight is 339 g/mol. The fourth-order valence-electron chi connectivity index (χ4n) is 2.40. The first-order valence-electron chi connectivity index (χ1n) is 7.14. The maximum atomic E-state index is 14.4. The second kappa shape index (κ2) is 6.34. The lowest BCUT2D eigenvalue weighted by Crippen LogP contribution is -2.24. The molecule has 5 nitrogen and oxygen atoms in total. The van der Waals surface area contributed by atoms with Crippen LogP contribution < -0.4 is 11.1 Å². The molecule has 1 aromatic heterocycles. The first-order chi connectivity index (χ1) is 11.5. The summed E-state index contributed by atoms with van der Waals surface area (Å²) in [4.78, 5) is 8.51. The van der Waals surface area contributed by atoms with Crippen LogP contribution in [0.25, 0.3) is 0 Å². The largest absolute Gasteiger partial charge is 0.378 e. The molecular weight excluding hydrogens is 325 g/mol. The maximum Gasteiger partial charge on any atom is 0.159 e. The molecule has 0 saturated heterocycles. The standard InChI is InChI=1S/C17H14FN5S/c1-17(6-8-24-16(20)23-17)13-9-12(4-5-14(13)18)22-15-11(10-19)3-2-7-21-15/h2-9H,1H3,(H2,20,23)(H,21,22)/t17-/m0/s1. The number of nitrogens with zero attached hydrogens (tertiary/aromatic N) is 3. The first kappa shape index (κ1) is 16.0. The molecule has 0 spiro atoms. The third-order valence-corrected chi connectivity index (χ3v) is 4.23. The first-order valence-corrected chi connectivity index (χ1v) is 8.02. The van der Waals surface area contributed by atoms with Gasteiger partial charge in [0.05, 0.1) is 5.56 Å². The number of pyridine rings is 1. The van der Waals surface area contributed by atoms with Crippen molar-refractivity contribution < 1.29 is 4.39 Å². The number of hydrogen-bond donors (Lipinski definition) is 2. The number of aromatic nitrogens is 1. The van der Waals surface area contributed by atoms with Crippen LogP contribution in [-0.4, -0.2) is 10.2 Å². The molecule has 1 aliphatic rings. The summed E-state index contributed by atoms with van der Waals surface area (Å²) >= 11 is 1.30. The molecule has 1 atom stereocenters. The van der Waals surface area contributed by atoms with Gasteiger partial charge in [-0.3, -0.25) is 0 Å². The molecule has 120 valence electrons. The zero-order valence-corrected chi connectivity index (χ0v) is 13.6. The molecule has 1 aliphatic heterocycles. The number of amidine groups is 1. The summed E-state index contributed by atoms with van der Waals surface area (Å²) in [6.45, 7) is 1.79. The summed E-state index contributed by atoms with van der Waals surface area (Å²) in [5.41, 5.74) is 6.31. The number of nitrogens with one attached hydrogen (secondary N) is 1. The van der Waals surface area contributed by atoms with Crippen LogP contribution in [0, 0.1) is 17.1 Å². The minimum atomic E-state index is -0.876. The molecule has 0 unspecified atom stereocenters. The smallest absolute Gasteiger partial charge is 0.159 e. The molecule has 3 rings (SSSR count). The molecule has 0 aliphatic carbocycles. The Balaban J connectivity index is 2.00. The molecule has 2 aromatic rings. The Morgan fingerprint density at radius 1 is 1.38 bits per heavy atom. The molecule has 0 bridgehead atoms. The Morgan fingerprint density at radius 3 is 2.96 bits per heavy atom.